The third kappa shape index (κ3) is 8.09. The van der Waals surface area contributed by atoms with Gasteiger partial charge in [0.15, 0.2) is 0 Å². The molecule has 11 aromatic rings. The van der Waals surface area contributed by atoms with Gasteiger partial charge in [-0.3, -0.25) is 0 Å². The van der Waals surface area contributed by atoms with E-state index in [2.05, 4.69) is 222 Å². The Hall–Kier alpha value is -6.64. The molecule has 1 aliphatic rings. The molecule has 2 heteroatoms. The summed E-state index contributed by atoms with van der Waals surface area (Å²) in [7, 11) is 0. The molecule has 0 unspecified atom stereocenters. The molecule has 3 aromatic heterocycles. The van der Waals surface area contributed by atoms with Crippen molar-refractivity contribution in [3.63, 3.8) is 0 Å². The molecule has 0 saturated heterocycles. The molecule has 0 N–H and O–H groups in total. The predicted octanol–water partition coefficient (Wildman–Crippen LogP) is 19.4. The molecule has 0 atom stereocenters. The Morgan fingerprint density at radius 2 is 1.16 bits per heavy atom. The zero-order valence-corrected chi connectivity index (χ0v) is 42.2. The highest BCUT2D eigenvalue weighted by Gasteiger charge is 2.28. The fourth-order valence-corrected chi connectivity index (χ4v) is 10.8. The van der Waals surface area contributed by atoms with E-state index < -0.39 is 0 Å². The Bertz CT molecular complexity index is 3580. The lowest BCUT2D eigenvalue weighted by atomic mass is 9.78. The van der Waals surface area contributed by atoms with Crippen LogP contribution in [0.2, 0.25) is 0 Å². The molecule has 8 aromatic carbocycles. The Kier molecular flexibility index (Phi) is 13.8. The number of para-hydroxylation sites is 2. The summed E-state index contributed by atoms with van der Waals surface area (Å²) in [5.74, 6) is 0. The first-order chi connectivity index (χ1) is 32.6. The fraction of sp³-hybridized carbons (Fsp3) is 0.262. The molecule has 2 nitrogen and oxygen atoms in total. The van der Waals surface area contributed by atoms with Crippen LogP contribution in [0.25, 0.3) is 93.1 Å². The van der Waals surface area contributed by atoms with Crippen LogP contribution in [-0.2, 0) is 19.4 Å². The van der Waals surface area contributed by atoms with Crippen LogP contribution in [0, 0.1) is 12.3 Å². The zero-order chi connectivity index (χ0) is 47.6. The van der Waals surface area contributed by atoms with Crippen molar-refractivity contribution >= 4 is 93.1 Å². The number of nitrogens with zero attached hydrogens (tertiary/aromatic N) is 2. The van der Waals surface area contributed by atoms with Crippen LogP contribution in [0.1, 0.15) is 110 Å². The first-order valence-electron chi connectivity index (χ1n) is 25.1. The smallest absolute Gasteiger partial charge is 0.0792 e. The second-order valence-electron chi connectivity index (χ2n) is 18.7. The second kappa shape index (κ2) is 19.7. The minimum atomic E-state index is 0.136. The van der Waals surface area contributed by atoms with Crippen LogP contribution in [0.15, 0.2) is 157 Å². The van der Waals surface area contributed by atoms with E-state index >= 15 is 0 Å². The summed E-state index contributed by atoms with van der Waals surface area (Å²) in [5, 5.41) is 13.6. The van der Waals surface area contributed by atoms with E-state index in [0.29, 0.717) is 0 Å². The lowest BCUT2D eigenvalue weighted by Gasteiger charge is -2.27. The maximum absolute atomic E-state index is 2.60. The summed E-state index contributed by atoms with van der Waals surface area (Å²) in [5.41, 5.74) is 16.8. The number of aromatic nitrogens is 2. The summed E-state index contributed by atoms with van der Waals surface area (Å²) in [6.07, 6.45) is 7.97. The SMILES string of the molecule is C/C(=C(\Cc1cccc2ccccc12)C(C)(C)C)c1ccccc1.CC.CC.CCC.CCn1c2ccccc2c2c3c(c4c5cccc6c7cc8cccc(C)c8cc7n(c65)c4c21)C=CC3. The molecule has 0 bridgehead atoms. The van der Waals surface area contributed by atoms with Gasteiger partial charge in [0.25, 0.3) is 0 Å². The number of benzene rings is 8. The van der Waals surface area contributed by atoms with Crippen molar-refractivity contribution in [1.29, 1.82) is 0 Å². The topological polar surface area (TPSA) is 9.34 Å². The summed E-state index contributed by atoms with van der Waals surface area (Å²) in [6, 6.07) is 53.5. The van der Waals surface area contributed by atoms with Crippen LogP contribution < -0.4 is 0 Å². The van der Waals surface area contributed by atoms with Gasteiger partial charge in [-0.15, -0.1) is 0 Å². The van der Waals surface area contributed by atoms with Crippen molar-refractivity contribution in [3.05, 3.63) is 185 Å². The monoisotopic (exact) mass is 879 g/mol. The van der Waals surface area contributed by atoms with Crippen molar-refractivity contribution in [3.8, 4) is 0 Å². The van der Waals surface area contributed by atoms with Gasteiger partial charge in [-0.05, 0) is 112 Å². The quantitative estimate of drug-likeness (QED) is 0.167. The van der Waals surface area contributed by atoms with E-state index in [1.807, 2.05) is 27.7 Å². The van der Waals surface area contributed by atoms with E-state index in [0.717, 1.165) is 19.4 Å². The lowest BCUT2D eigenvalue weighted by molar-refractivity contribution is 0.493. The summed E-state index contributed by atoms with van der Waals surface area (Å²) in [4.78, 5) is 0. The number of fused-ring (bicyclic) bond motifs is 15. The highest BCUT2D eigenvalue weighted by atomic mass is 15.0. The minimum Gasteiger partial charge on any atom is -0.339 e. The van der Waals surface area contributed by atoms with Gasteiger partial charge < -0.3 is 8.97 Å². The number of allylic oxidation sites excluding steroid dienone is 3. The van der Waals surface area contributed by atoms with Crippen molar-refractivity contribution in [2.45, 2.75) is 109 Å². The first kappa shape index (κ1) is 46.9. The van der Waals surface area contributed by atoms with E-state index in [9.17, 15) is 0 Å². The van der Waals surface area contributed by atoms with Gasteiger partial charge in [-0.1, -0.05) is 214 Å². The minimum absolute atomic E-state index is 0.136. The third-order valence-corrected chi connectivity index (χ3v) is 13.6. The van der Waals surface area contributed by atoms with E-state index in [4.69, 9.17) is 0 Å². The maximum atomic E-state index is 2.60. The summed E-state index contributed by atoms with van der Waals surface area (Å²) >= 11 is 0. The van der Waals surface area contributed by atoms with Crippen LogP contribution >= 0.6 is 0 Å². The number of hydrogen-bond acceptors (Lipinski definition) is 0. The molecule has 0 radical (unpaired) electrons. The van der Waals surface area contributed by atoms with Gasteiger partial charge in [0.05, 0.1) is 22.1 Å². The lowest BCUT2D eigenvalue weighted by Crippen LogP contribution is -2.14. The van der Waals surface area contributed by atoms with Crippen LogP contribution in [0.3, 0.4) is 0 Å². The molecule has 0 aliphatic heterocycles. The van der Waals surface area contributed by atoms with Gasteiger partial charge in [0, 0.05) is 44.4 Å². The Morgan fingerprint density at radius 3 is 1.90 bits per heavy atom. The maximum Gasteiger partial charge on any atom is 0.0792 e. The molecule has 12 rings (SSSR count). The van der Waals surface area contributed by atoms with Gasteiger partial charge in [-0.25, -0.2) is 0 Å². The van der Waals surface area contributed by atoms with E-state index in [1.165, 1.54) is 127 Å². The molecular weight excluding hydrogens is 809 g/mol. The highest BCUT2D eigenvalue weighted by Crippen LogP contribution is 2.49. The molecule has 0 saturated carbocycles. The summed E-state index contributed by atoms with van der Waals surface area (Å²) in [6.45, 7) is 26.9. The Labute approximate surface area is 399 Å². The number of hydrogen-bond donors (Lipinski definition) is 0. The van der Waals surface area contributed by atoms with Crippen molar-refractivity contribution in [2.75, 3.05) is 0 Å². The molecule has 3 heterocycles. The van der Waals surface area contributed by atoms with Crippen LogP contribution in [0.5, 0.6) is 0 Å². The predicted molar refractivity (Wildman–Crippen MR) is 300 cm³/mol. The van der Waals surface area contributed by atoms with Gasteiger partial charge in [0.2, 0.25) is 0 Å². The largest absolute Gasteiger partial charge is 0.339 e. The molecule has 1 aliphatic carbocycles. The normalized spacial score (nSPS) is 12.5. The zero-order valence-electron chi connectivity index (χ0n) is 42.2. The molecule has 67 heavy (non-hydrogen) atoms. The molecule has 0 amide bonds. The van der Waals surface area contributed by atoms with Crippen LogP contribution in [0.4, 0.5) is 0 Å². The Morgan fingerprint density at radius 1 is 0.552 bits per heavy atom. The average Bonchev–Trinajstić information content (AvgIpc) is 4.13. The molecule has 0 spiro atoms. The third-order valence-electron chi connectivity index (χ3n) is 13.6. The number of aryl methyl sites for hydroxylation is 2. The summed E-state index contributed by atoms with van der Waals surface area (Å²) < 4.78 is 5.15. The van der Waals surface area contributed by atoms with Crippen LogP contribution in [-0.4, -0.2) is 8.97 Å². The molecular formula is C65H70N2. The van der Waals surface area contributed by atoms with Crippen molar-refractivity contribution in [2.24, 2.45) is 5.41 Å². The Balaban J connectivity index is 0.000000172. The number of rotatable bonds is 4. The van der Waals surface area contributed by atoms with Crippen molar-refractivity contribution < 1.29 is 0 Å². The van der Waals surface area contributed by atoms with Gasteiger partial charge >= 0.3 is 0 Å². The van der Waals surface area contributed by atoms with Crippen molar-refractivity contribution in [1.82, 2.24) is 8.97 Å². The molecule has 340 valence electrons. The first-order valence-corrected chi connectivity index (χ1v) is 25.1. The molecule has 0 fully saturated rings. The highest BCUT2D eigenvalue weighted by molar-refractivity contribution is 6.32. The standard InChI is InChI=1S/C34H24N2.C24H26.C3H8.2C2H6/c1-3-35-28-16-5-4-11-24(28)30-21-12-7-13-22(21)31-25-15-8-14-23-27-17-20-10-6-9-19(2)26(20)18-29(27)36(32(23)25)34(31)33(30)35;1-18(19-11-6-5-7-12-19)23(24(2,3)4)17-21-15-10-14-20-13-8-9-16-22(20)21;1-3-2;2*1-2/h4-11,13-18H,3,12H2,1-2H3;5-16H,17H2,1-4H3;3H2,1-2H3;2*1-2H3/b;23-18-;;;. The van der Waals surface area contributed by atoms with Gasteiger partial charge in [-0.2, -0.15) is 0 Å². The van der Waals surface area contributed by atoms with E-state index in [1.54, 1.807) is 0 Å². The van der Waals surface area contributed by atoms with E-state index in [-0.39, 0.29) is 5.41 Å². The second-order valence-corrected chi connectivity index (χ2v) is 18.7. The average molecular weight is 879 g/mol. The van der Waals surface area contributed by atoms with Gasteiger partial charge in [0.1, 0.15) is 0 Å². The fourth-order valence-electron chi connectivity index (χ4n) is 10.8.